The Kier molecular flexibility index (Phi) is 4.81. The molecule has 2 saturated heterocycles. The van der Waals surface area contributed by atoms with Gasteiger partial charge < -0.3 is 33.5 Å². The zero-order valence-electron chi connectivity index (χ0n) is 21.2. The SMILES string of the molecule is CCN1C[C@]2(COC)CC[C@H](OC)[C@@]34C5C[C@H]6C(OC)C5[C@@]5(C[C@@H]6OC)OCO[C@@]5(C(O)C23)[C@@H]14. The van der Waals surface area contributed by atoms with Gasteiger partial charge in [0, 0.05) is 70.0 Å². The third-order valence-electron chi connectivity index (χ3n) is 12.0. The van der Waals surface area contributed by atoms with Crippen molar-refractivity contribution in [3.63, 3.8) is 0 Å². The van der Waals surface area contributed by atoms with E-state index in [4.69, 9.17) is 28.4 Å². The predicted molar refractivity (Wildman–Crippen MR) is 121 cm³/mol. The number of nitrogens with zero attached hydrogens (tertiary/aromatic N) is 1. The van der Waals surface area contributed by atoms with E-state index in [9.17, 15) is 5.11 Å². The van der Waals surface area contributed by atoms with E-state index in [1.807, 2.05) is 21.3 Å². The first-order valence-corrected chi connectivity index (χ1v) is 13.2. The molecule has 7 fully saturated rings. The molecule has 192 valence electrons. The van der Waals surface area contributed by atoms with Crippen LogP contribution in [0.2, 0.25) is 0 Å². The van der Waals surface area contributed by atoms with Crippen LogP contribution in [-0.2, 0) is 28.4 Å². The van der Waals surface area contributed by atoms with Crippen LogP contribution in [0.25, 0.3) is 0 Å². The van der Waals surface area contributed by atoms with Gasteiger partial charge in [-0.3, -0.25) is 4.90 Å². The molecule has 5 saturated carbocycles. The molecule has 34 heavy (non-hydrogen) atoms. The molecular weight excluding hydrogens is 438 g/mol. The maximum Gasteiger partial charge on any atom is 0.148 e. The Bertz CT molecular complexity index is 859. The standard InChI is InChI=1S/C26H41NO7/c1-6-27-11-23(12-29-2)8-7-17(31-4)25-15-9-14-16(30-3)10-24(18(15)19(14)32-5)26(22(25)27,34-13-33-24)21(28)20(23)25/h14-22,28H,6-13H2,1-5H3/t14-,15?,16+,17+,18?,19?,20?,21?,22+,23+,24-,25+,26+/m1/s1. The summed E-state index contributed by atoms with van der Waals surface area (Å²) in [5.41, 5.74) is -1.83. The van der Waals surface area contributed by atoms with Crippen molar-refractivity contribution in [2.45, 2.75) is 74.3 Å². The summed E-state index contributed by atoms with van der Waals surface area (Å²) in [6, 6.07) is 0.0378. The molecule has 7 bridgehead atoms. The van der Waals surface area contributed by atoms with Crippen molar-refractivity contribution < 1.29 is 33.5 Å². The Morgan fingerprint density at radius 2 is 1.91 bits per heavy atom. The van der Waals surface area contributed by atoms with Crippen LogP contribution in [0.5, 0.6) is 0 Å². The maximum absolute atomic E-state index is 12.6. The van der Waals surface area contributed by atoms with Crippen LogP contribution in [0, 0.1) is 34.5 Å². The first-order chi connectivity index (χ1) is 16.5. The average Bonchev–Trinajstić information content (AvgIpc) is 3.42. The van der Waals surface area contributed by atoms with Crippen LogP contribution >= 0.6 is 0 Å². The van der Waals surface area contributed by atoms with Crippen molar-refractivity contribution in [2.75, 3.05) is 54.9 Å². The van der Waals surface area contributed by atoms with Crippen molar-refractivity contribution >= 4 is 0 Å². The second-order valence-corrected chi connectivity index (χ2v) is 12.2. The fraction of sp³-hybridized carbons (Fsp3) is 1.00. The highest BCUT2D eigenvalue weighted by molar-refractivity contribution is 5.42. The van der Waals surface area contributed by atoms with Crippen molar-refractivity contribution in [3.05, 3.63) is 0 Å². The highest BCUT2D eigenvalue weighted by atomic mass is 16.7. The monoisotopic (exact) mass is 479 g/mol. The molecule has 3 spiro atoms. The summed E-state index contributed by atoms with van der Waals surface area (Å²) >= 11 is 0. The highest BCUT2D eigenvalue weighted by Crippen LogP contribution is 2.82. The maximum atomic E-state index is 12.6. The van der Waals surface area contributed by atoms with Gasteiger partial charge in [0.1, 0.15) is 18.0 Å². The molecule has 1 N–H and O–H groups in total. The lowest BCUT2D eigenvalue weighted by Crippen LogP contribution is -2.81. The molecule has 0 amide bonds. The molecule has 7 rings (SSSR count). The van der Waals surface area contributed by atoms with Crippen LogP contribution in [0.15, 0.2) is 0 Å². The van der Waals surface area contributed by atoms with E-state index in [2.05, 4.69) is 11.8 Å². The van der Waals surface area contributed by atoms with Gasteiger partial charge in [0.15, 0.2) is 0 Å². The third kappa shape index (κ3) is 2.05. The molecule has 5 aliphatic carbocycles. The molecule has 13 atom stereocenters. The van der Waals surface area contributed by atoms with E-state index in [-0.39, 0.29) is 53.8 Å². The molecule has 8 heteroatoms. The molecular formula is C26H41NO7. The average molecular weight is 480 g/mol. The van der Waals surface area contributed by atoms with E-state index in [0.717, 1.165) is 38.8 Å². The van der Waals surface area contributed by atoms with Crippen LogP contribution < -0.4 is 0 Å². The molecule has 0 aromatic rings. The van der Waals surface area contributed by atoms with Crippen molar-refractivity contribution in [2.24, 2.45) is 34.5 Å². The Morgan fingerprint density at radius 3 is 2.59 bits per heavy atom. The summed E-state index contributed by atoms with van der Waals surface area (Å²) in [5.74, 6) is 0.813. The van der Waals surface area contributed by atoms with Crippen LogP contribution in [0.3, 0.4) is 0 Å². The Labute approximate surface area is 202 Å². The zero-order chi connectivity index (χ0) is 23.7. The highest BCUT2D eigenvalue weighted by Gasteiger charge is 2.93. The molecule has 2 aliphatic heterocycles. The summed E-state index contributed by atoms with van der Waals surface area (Å²) in [5, 5.41) is 12.6. The minimum Gasteiger partial charge on any atom is -0.390 e. The summed E-state index contributed by atoms with van der Waals surface area (Å²) in [4.78, 5) is 2.61. The molecule has 0 aromatic heterocycles. The number of hydrogen-bond donors (Lipinski definition) is 1. The minimum absolute atomic E-state index is 0.0240. The van der Waals surface area contributed by atoms with Gasteiger partial charge in [0.2, 0.25) is 0 Å². The van der Waals surface area contributed by atoms with Crippen LogP contribution in [-0.4, -0.2) is 107 Å². The first kappa shape index (κ1) is 22.8. The summed E-state index contributed by atoms with van der Waals surface area (Å²) in [6.07, 6.45) is 3.20. The third-order valence-corrected chi connectivity index (χ3v) is 12.0. The molecule has 2 heterocycles. The second kappa shape index (κ2) is 7.16. The summed E-state index contributed by atoms with van der Waals surface area (Å²) < 4.78 is 38.3. The number of fused-ring (bicyclic) bond motifs is 1. The molecule has 0 aromatic carbocycles. The molecule has 0 radical (unpaired) electrons. The number of likely N-dealkylation sites (tertiary alicyclic amines) is 1. The van der Waals surface area contributed by atoms with Crippen molar-refractivity contribution in [1.82, 2.24) is 4.90 Å². The Hall–Kier alpha value is -0.320. The molecule has 5 unspecified atom stereocenters. The lowest BCUT2D eigenvalue weighted by atomic mass is 9.42. The number of likely N-dealkylation sites (N-methyl/N-ethyl adjacent to an activating group) is 1. The lowest BCUT2D eigenvalue weighted by Gasteiger charge is -2.70. The van der Waals surface area contributed by atoms with E-state index in [1.54, 1.807) is 7.11 Å². The summed E-state index contributed by atoms with van der Waals surface area (Å²) in [6.45, 7) is 4.93. The van der Waals surface area contributed by atoms with Gasteiger partial charge >= 0.3 is 0 Å². The Balaban J connectivity index is 1.55. The largest absolute Gasteiger partial charge is 0.390 e. The van der Waals surface area contributed by atoms with E-state index >= 15 is 0 Å². The van der Waals surface area contributed by atoms with E-state index in [0.29, 0.717) is 18.4 Å². The first-order valence-electron chi connectivity index (χ1n) is 13.2. The zero-order valence-corrected chi connectivity index (χ0v) is 21.2. The number of aliphatic hydroxyl groups excluding tert-OH is 1. The quantitative estimate of drug-likeness (QED) is 0.611. The van der Waals surface area contributed by atoms with Gasteiger partial charge in [0.25, 0.3) is 0 Å². The van der Waals surface area contributed by atoms with Gasteiger partial charge in [-0.15, -0.1) is 0 Å². The number of ether oxygens (including phenoxy) is 6. The van der Waals surface area contributed by atoms with Gasteiger partial charge in [-0.25, -0.2) is 0 Å². The van der Waals surface area contributed by atoms with Crippen LogP contribution in [0.1, 0.15) is 32.6 Å². The summed E-state index contributed by atoms with van der Waals surface area (Å²) in [7, 11) is 7.32. The van der Waals surface area contributed by atoms with Crippen molar-refractivity contribution in [3.8, 4) is 0 Å². The number of hydrogen-bond acceptors (Lipinski definition) is 8. The smallest absolute Gasteiger partial charge is 0.148 e. The van der Waals surface area contributed by atoms with E-state index < -0.39 is 17.3 Å². The van der Waals surface area contributed by atoms with Crippen LogP contribution in [0.4, 0.5) is 0 Å². The molecule has 7 aliphatic rings. The van der Waals surface area contributed by atoms with Gasteiger partial charge in [-0.05, 0) is 31.7 Å². The number of piperidine rings is 1. The normalized spacial score (nSPS) is 61.1. The minimum atomic E-state index is -0.825. The lowest BCUT2D eigenvalue weighted by molar-refractivity contribution is -0.287. The Morgan fingerprint density at radius 1 is 1.09 bits per heavy atom. The van der Waals surface area contributed by atoms with E-state index in [1.165, 1.54) is 0 Å². The van der Waals surface area contributed by atoms with Gasteiger partial charge in [-0.2, -0.15) is 0 Å². The van der Waals surface area contributed by atoms with Gasteiger partial charge in [0.05, 0.1) is 37.1 Å². The fourth-order valence-electron chi connectivity index (χ4n) is 11.7. The van der Waals surface area contributed by atoms with Gasteiger partial charge in [-0.1, -0.05) is 6.92 Å². The number of rotatable bonds is 6. The second-order valence-electron chi connectivity index (χ2n) is 12.2. The topological polar surface area (TPSA) is 78.9 Å². The van der Waals surface area contributed by atoms with Crippen molar-refractivity contribution in [1.29, 1.82) is 0 Å². The predicted octanol–water partition coefficient (Wildman–Crippen LogP) is 1.29. The number of methoxy groups -OCH3 is 4. The molecule has 8 nitrogen and oxygen atoms in total. The fourth-order valence-corrected chi connectivity index (χ4v) is 11.7. The number of aliphatic hydroxyl groups is 1.